The molecule has 0 aromatic carbocycles. The molecular weight excluding hydrogens is 254 g/mol. The third-order valence-electron chi connectivity index (χ3n) is 5.65. The number of rotatable bonds is 3. The quantitative estimate of drug-likeness (QED) is 0.710. The lowest BCUT2D eigenvalue weighted by molar-refractivity contribution is -0.134. The van der Waals surface area contributed by atoms with Gasteiger partial charge in [0, 0.05) is 5.92 Å². The van der Waals surface area contributed by atoms with Crippen LogP contribution in [-0.2, 0) is 9.59 Å². The summed E-state index contributed by atoms with van der Waals surface area (Å²) in [5, 5.41) is 6.37. The molecule has 4 N–H and O–H groups in total. The molecule has 112 valence electrons. The van der Waals surface area contributed by atoms with E-state index in [9.17, 15) is 9.59 Å². The van der Waals surface area contributed by atoms with Crippen LogP contribution in [0.25, 0.3) is 0 Å². The van der Waals surface area contributed by atoms with Crippen LogP contribution in [0, 0.1) is 11.3 Å². The molecule has 3 aliphatic rings. The summed E-state index contributed by atoms with van der Waals surface area (Å²) < 4.78 is 0. The Kier molecular flexibility index (Phi) is 3.48. The predicted molar refractivity (Wildman–Crippen MR) is 75.8 cm³/mol. The summed E-state index contributed by atoms with van der Waals surface area (Å²) in [7, 11) is 0. The summed E-state index contributed by atoms with van der Waals surface area (Å²) in [4.78, 5) is 24.3. The van der Waals surface area contributed by atoms with Gasteiger partial charge < -0.3 is 16.4 Å². The first-order valence-electron chi connectivity index (χ1n) is 7.91. The van der Waals surface area contributed by atoms with Gasteiger partial charge in [0.15, 0.2) is 0 Å². The molecule has 2 aliphatic carbocycles. The molecule has 1 unspecified atom stereocenters. The molecule has 5 heteroatoms. The number of hydrogen-bond donors (Lipinski definition) is 3. The van der Waals surface area contributed by atoms with E-state index in [1.54, 1.807) is 0 Å². The predicted octanol–water partition coefficient (Wildman–Crippen LogP) is 0.680. The van der Waals surface area contributed by atoms with Crippen LogP contribution in [0.5, 0.6) is 0 Å². The molecule has 5 nitrogen and oxygen atoms in total. The second-order valence-electron chi connectivity index (χ2n) is 6.87. The number of hydrogen-bond acceptors (Lipinski definition) is 3. The van der Waals surface area contributed by atoms with E-state index in [0.717, 1.165) is 51.6 Å². The number of nitrogens with two attached hydrogens (primary N) is 1. The maximum Gasteiger partial charge on any atom is 0.243 e. The molecular formula is C15H25N3O2. The normalized spacial score (nSPS) is 30.7. The van der Waals surface area contributed by atoms with Crippen molar-refractivity contribution in [1.82, 2.24) is 10.6 Å². The van der Waals surface area contributed by atoms with Crippen molar-refractivity contribution in [2.75, 3.05) is 13.1 Å². The van der Waals surface area contributed by atoms with E-state index in [1.165, 1.54) is 0 Å². The average molecular weight is 279 g/mol. The van der Waals surface area contributed by atoms with Gasteiger partial charge in [-0.25, -0.2) is 0 Å². The Morgan fingerprint density at radius 3 is 2.30 bits per heavy atom. The van der Waals surface area contributed by atoms with E-state index in [0.29, 0.717) is 12.8 Å². The molecule has 1 atom stereocenters. The number of primary amides is 1. The molecule has 1 spiro atoms. The van der Waals surface area contributed by atoms with Crippen molar-refractivity contribution in [2.24, 2.45) is 17.1 Å². The number of carbonyl (C=O) groups is 2. The first-order valence-corrected chi connectivity index (χ1v) is 7.91. The molecule has 20 heavy (non-hydrogen) atoms. The van der Waals surface area contributed by atoms with Gasteiger partial charge in [0.05, 0.1) is 0 Å². The van der Waals surface area contributed by atoms with E-state index in [1.807, 2.05) is 0 Å². The molecule has 2 amide bonds. The Bertz CT molecular complexity index is 409. The Labute approximate surface area is 120 Å². The Hall–Kier alpha value is -1.10. The van der Waals surface area contributed by atoms with Crippen LogP contribution in [0.1, 0.15) is 51.4 Å². The molecule has 1 aliphatic heterocycles. The number of amides is 2. The van der Waals surface area contributed by atoms with Crippen LogP contribution >= 0.6 is 0 Å². The third-order valence-corrected chi connectivity index (χ3v) is 5.65. The van der Waals surface area contributed by atoms with Gasteiger partial charge in [-0.1, -0.05) is 19.3 Å². The minimum absolute atomic E-state index is 0.0626. The molecule has 3 fully saturated rings. The summed E-state index contributed by atoms with van der Waals surface area (Å²) >= 11 is 0. The lowest BCUT2D eigenvalue weighted by Crippen LogP contribution is -2.59. The fourth-order valence-electron chi connectivity index (χ4n) is 4.11. The molecule has 0 aromatic heterocycles. The monoisotopic (exact) mass is 279 g/mol. The van der Waals surface area contributed by atoms with Crippen molar-refractivity contribution in [1.29, 1.82) is 0 Å². The van der Waals surface area contributed by atoms with Crippen LogP contribution in [0.3, 0.4) is 0 Å². The van der Waals surface area contributed by atoms with E-state index >= 15 is 0 Å². The van der Waals surface area contributed by atoms with Gasteiger partial charge in [-0.15, -0.1) is 0 Å². The van der Waals surface area contributed by atoms with Crippen LogP contribution < -0.4 is 16.4 Å². The second kappa shape index (κ2) is 5.02. The molecule has 3 rings (SSSR count). The Morgan fingerprint density at radius 1 is 1.05 bits per heavy atom. The maximum atomic E-state index is 12.5. The Morgan fingerprint density at radius 2 is 1.70 bits per heavy atom. The highest BCUT2D eigenvalue weighted by Crippen LogP contribution is 2.58. The summed E-state index contributed by atoms with van der Waals surface area (Å²) in [5.41, 5.74) is 5.02. The first-order chi connectivity index (χ1) is 9.58. The van der Waals surface area contributed by atoms with Gasteiger partial charge in [0.2, 0.25) is 11.8 Å². The van der Waals surface area contributed by atoms with Crippen molar-refractivity contribution in [3.63, 3.8) is 0 Å². The number of nitrogens with one attached hydrogen (secondary N) is 2. The summed E-state index contributed by atoms with van der Waals surface area (Å²) in [6, 6.07) is 0. The minimum atomic E-state index is -0.772. The highest BCUT2D eigenvalue weighted by molar-refractivity contribution is 5.92. The largest absolute Gasteiger partial charge is 0.368 e. The van der Waals surface area contributed by atoms with Crippen LogP contribution in [0.15, 0.2) is 0 Å². The van der Waals surface area contributed by atoms with E-state index in [2.05, 4.69) is 10.6 Å². The average Bonchev–Trinajstić information content (AvgIpc) is 3.14. The zero-order chi connectivity index (χ0) is 14.2. The lowest BCUT2D eigenvalue weighted by Gasteiger charge is -2.35. The smallest absolute Gasteiger partial charge is 0.243 e. The molecule has 0 aromatic rings. The van der Waals surface area contributed by atoms with E-state index in [-0.39, 0.29) is 23.1 Å². The fraction of sp³-hybridized carbons (Fsp3) is 0.867. The third kappa shape index (κ3) is 2.32. The molecule has 2 saturated carbocycles. The van der Waals surface area contributed by atoms with E-state index < -0.39 is 5.54 Å². The number of carbonyl (C=O) groups excluding carboxylic acids is 2. The van der Waals surface area contributed by atoms with Crippen molar-refractivity contribution >= 4 is 11.8 Å². The Balaban J connectivity index is 1.64. The van der Waals surface area contributed by atoms with Gasteiger partial charge in [-0.2, -0.15) is 0 Å². The highest BCUT2D eigenvalue weighted by atomic mass is 16.2. The first kappa shape index (κ1) is 13.9. The zero-order valence-electron chi connectivity index (χ0n) is 12.0. The van der Waals surface area contributed by atoms with Gasteiger partial charge in [0.25, 0.3) is 0 Å². The summed E-state index contributed by atoms with van der Waals surface area (Å²) in [6.07, 6.45) is 7.62. The zero-order valence-corrected chi connectivity index (χ0v) is 12.0. The summed E-state index contributed by atoms with van der Waals surface area (Å²) in [5.74, 6) is -0.194. The van der Waals surface area contributed by atoms with Gasteiger partial charge in [0.1, 0.15) is 5.54 Å². The molecule has 1 heterocycles. The van der Waals surface area contributed by atoms with Crippen molar-refractivity contribution < 1.29 is 9.59 Å². The van der Waals surface area contributed by atoms with Crippen LogP contribution in [0.2, 0.25) is 0 Å². The SMILES string of the molecule is NC(=O)C1(NC(=O)C2CC23CCNCC3)CCCCC1. The molecule has 0 bridgehead atoms. The highest BCUT2D eigenvalue weighted by Gasteiger charge is 2.58. The van der Waals surface area contributed by atoms with E-state index in [4.69, 9.17) is 5.73 Å². The topological polar surface area (TPSA) is 84.2 Å². The van der Waals surface area contributed by atoms with Crippen LogP contribution in [0.4, 0.5) is 0 Å². The maximum absolute atomic E-state index is 12.5. The van der Waals surface area contributed by atoms with Gasteiger partial charge in [-0.05, 0) is 50.6 Å². The standard InChI is InChI=1S/C15H25N3O2/c16-13(20)15(4-2-1-3-5-15)18-12(19)11-10-14(11)6-8-17-9-7-14/h11,17H,1-10H2,(H2,16,20)(H,18,19). The second-order valence-corrected chi connectivity index (χ2v) is 6.87. The van der Waals surface area contributed by atoms with Crippen molar-refractivity contribution in [3.8, 4) is 0 Å². The number of piperidine rings is 1. The minimum Gasteiger partial charge on any atom is -0.368 e. The molecule has 1 saturated heterocycles. The molecule has 0 radical (unpaired) electrons. The lowest BCUT2D eigenvalue weighted by atomic mass is 9.80. The van der Waals surface area contributed by atoms with Crippen LogP contribution in [-0.4, -0.2) is 30.4 Å². The van der Waals surface area contributed by atoms with Crippen molar-refractivity contribution in [3.05, 3.63) is 0 Å². The summed E-state index contributed by atoms with van der Waals surface area (Å²) in [6.45, 7) is 2.01. The van der Waals surface area contributed by atoms with Crippen molar-refractivity contribution in [2.45, 2.75) is 56.9 Å². The van der Waals surface area contributed by atoms with Gasteiger partial charge >= 0.3 is 0 Å². The van der Waals surface area contributed by atoms with Gasteiger partial charge in [-0.3, -0.25) is 9.59 Å². The fourth-order valence-corrected chi connectivity index (χ4v) is 4.11.